The summed E-state index contributed by atoms with van der Waals surface area (Å²) in [5.41, 5.74) is 3.69. The number of nitrogens with zero attached hydrogens (tertiary/aromatic N) is 1. The first-order valence-corrected chi connectivity index (χ1v) is 7.21. The summed E-state index contributed by atoms with van der Waals surface area (Å²) in [6, 6.07) is 11.8. The molecular weight excluding hydrogens is 266 g/mol. The monoisotopic (exact) mass is 283 g/mol. The zero-order valence-electron chi connectivity index (χ0n) is 12.0. The fourth-order valence-corrected chi connectivity index (χ4v) is 2.88. The molecule has 0 amide bonds. The molecule has 1 aromatic heterocycles. The molecule has 0 unspecified atom stereocenters. The number of hydrogen-bond donors (Lipinski definition) is 0. The van der Waals surface area contributed by atoms with Crippen molar-refractivity contribution in [2.45, 2.75) is 26.3 Å². The van der Waals surface area contributed by atoms with Gasteiger partial charge in [0.25, 0.3) is 5.78 Å². The summed E-state index contributed by atoms with van der Waals surface area (Å²) >= 11 is 0. The molecule has 3 rings (SSSR count). The van der Waals surface area contributed by atoms with Crippen LogP contribution in [0.2, 0.25) is 0 Å². The van der Waals surface area contributed by atoms with Crippen LogP contribution >= 0.6 is 0 Å². The summed E-state index contributed by atoms with van der Waals surface area (Å²) in [7, 11) is 0. The van der Waals surface area contributed by atoms with Crippen LogP contribution in [0.1, 0.15) is 29.5 Å². The Bertz CT molecular complexity index is 686. The predicted octanol–water partition coefficient (Wildman–Crippen LogP) is 2.85. The van der Waals surface area contributed by atoms with E-state index in [0.29, 0.717) is 5.69 Å². The highest BCUT2D eigenvalue weighted by atomic mass is 16.5. The van der Waals surface area contributed by atoms with Crippen molar-refractivity contribution in [3.05, 3.63) is 47.8 Å². The lowest BCUT2D eigenvalue weighted by molar-refractivity contribution is -0.137. The molecule has 0 aliphatic carbocycles. The largest absolute Gasteiger partial charge is 0.460 e. The maximum absolute atomic E-state index is 12.2. The van der Waals surface area contributed by atoms with E-state index in [4.69, 9.17) is 4.74 Å². The lowest BCUT2D eigenvalue weighted by Crippen LogP contribution is -2.20. The summed E-state index contributed by atoms with van der Waals surface area (Å²) in [6.07, 6.45) is 1.93. The molecule has 1 aliphatic rings. The molecule has 0 radical (unpaired) electrons. The van der Waals surface area contributed by atoms with Crippen molar-refractivity contribution in [2.24, 2.45) is 0 Å². The van der Waals surface area contributed by atoms with Gasteiger partial charge < -0.3 is 9.30 Å². The van der Waals surface area contributed by atoms with Gasteiger partial charge in [0.15, 0.2) is 0 Å². The van der Waals surface area contributed by atoms with Gasteiger partial charge in [0, 0.05) is 17.8 Å². The number of ketones is 1. The van der Waals surface area contributed by atoms with Gasteiger partial charge in [-0.1, -0.05) is 30.3 Å². The number of ether oxygens (including phenoxy) is 1. The van der Waals surface area contributed by atoms with E-state index in [1.54, 1.807) is 6.92 Å². The Hall–Kier alpha value is -2.36. The Labute approximate surface area is 123 Å². The lowest BCUT2D eigenvalue weighted by Gasteiger charge is -2.04. The maximum atomic E-state index is 12.2. The number of carbonyl (C=O) groups excluding carboxylic acids is 2. The molecule has 0 spiro atoms. The van der Waals surface area contributed by atoms with Gasteiger partial charge in [-0.3, -0.25) is 4.79 Å². The quantitative estimate of drug-likeness (QED) is 0.492. The molecule has 0 saturated carbocycles. The third-order valence-corrected chi connectivity index (χ3v) is 3.78. The van der Waals surface area contributed by atoms with E-state index in [2.05, 4.69) is 0 Å². The normalized spacial score (nSPS) is 13.0. The smallest absolute Gasteiger partial charge is 0.381 e. The van der Waals surface area contributed by atoms with Crippen molar-refractivity contribution in [3.8, 4) is 11.1 Å². The van der Waals surface area contributed by atoms with Crippen molar-refractivity contribution in [1.82, 2.24) is 4.57 Å². The summed E-state index contributed by atoms with van der Waals surface area (Å²) < 4.78 is 6.79. The highest BCUT2D eigenvalue weighted by Crippen LogP contribution is 2.32. The van der Waals surface area contributed by atoms with E-state index < -0.39 is 11.8 Å². The zero-order chi connectivity index (χ0) is 14.8. The second kappa shape index (κ2) is 5.56. The van der Waals surface area contributed by atoms with Crippen molar-refractivity contribution >= 4 is 11.8 Å². The average Bonchev–Trinajstić information content (AvgIpc) is 3.09. The van der Waals surface area contributed by atoms with Crippen LogP contribution in [0.4, 0.5) is 0 Å². The average molecular weight is 283 g/mol. The molecule has 4 nitrogen and oxygen atoms in total. The SMILES string of the molecule is CCOC(=O)C(=O)c1cc(-c2ccccc2)c2n1CCC2. The van der Waals surface area contributed by atoms with Gasteiger partial charge in [-0.05, 0) is 31.4 Å². The molecular formula is C17H17NO3. The van der Waals surface area contributed by atoms with Gasteiger partial charge in [0.05, 0.1) is 12.3 Å². The van der Waals surface area contributed by atoms with Crippen LogP contribution in [0, 0.1) is 0 Å². The van der Waals surface area contributed by atoms with Gasteiger partial charge in [-0.2, -0.15) is 0 Å². The minimum atomic E-state index is -0.774. The Morgan fingerprint density at radius 1 is 1.24 bits per heavy atom. The Morgan fingerprint density at radius 3 is 2.71 bits per heavy atom. The van der Waals surface area contributed by atoms with E-state index in [1.165, 1.54) is 0 Å². The number of esters is 1. The summed E-state index contributed by atoms with van der Waals surface area (Å²) in [5, 5.41) is 0. The van der Waals surface area contributed by atoms with E-state index in [-0.39, 0.29) is 6.61 Å². The fraction of sp³-hybridized carbons (Fsp3) is 0.294. The van der Waals surface area contributed by atoms with E-state index in [1.807, 2.05) is 41.0 Å². The zero-order valence-corrected chi connectivity index (χ0v) is 12.0. The highest BCUT2D eigenvalue weighted by molar-refractivity contribution is 6.40. The molecule has 21 heavy (non-hydrogen) atoms. The Kier molecular flexibility index (Phi) is 3.60. The second-order valence-electron chi connectivity index (χ2n) is 5.06. The first-order chi connectivity index (χ1) is 10.2. The minimum absolute atomic E-state index is 0.212. The van der Waals surface area contributed by atoms with E-state index in [9.17, 15) is 9.59 Å². The number of aromatic nitrogens is 1. The van der Waals surface area contributed by atoms with Gasteiger partial charge in [-0.25, -0.2) is 4.79 Å². The molecule has 1 aliphatic heterocycles. The molecule has 0 N–H and O–H groups in total. The molecule has 2 aromatic rings. The first-order valence-electron chi connectivity index (χ1n) is 7.21. The predicted molar refractivity (Wildman–Crippen MR) is 79.2 cm³/mol. The Balaban J connectivity index is 2.04. The standard InChI is InChI=1S/C17H17NO3/c1-2-21-17(20)16(19)15-11-13(12-7-4-3-5-8-12)14-9-6-10-18(14)15/h3-5,7-8,11H,2,6,9-10H2,1H3. The number of carbonyl (C=O) groups is 2. The number of Topliss-reactive ketones (excluding diaryl/α,β-unsaturated/α-hetero) is 1. The molecule has 2 heterocycles. The highest BCUT2D eigenvalue weighted by Gasteiger charge is 2.28. The molecule has 108 valence electrons. The molecule has 0 fully saturated rings. The fourth-order valence-electron chi connectivity index (χ4n) is 2.88. The lowest BCUT2D eigenvalue weighted by atomic mass is 10.0. The van der Waals surface area contributed by atoms with Gasteiger partial charge in [0.1, 0.15) is 0 Å². The van der Waals surface area contributed by atoms with E-state index in [0.717, 1.165) is 36.2 Å². The van der Waals surface area contributed by atoms with E-state index >= 15 is 0 Å². The van der Waals surface area contributed by atoms with Gasteiger partial charge in [0.2, 0.25) is 0 Å². The molecule has 1 aromatic carbocycles. The van der Waals surface area contributed by atoms with Crippen LogP contribution in [0.5, 0.6) is 0 Å². The van der Waals surface area contributed by atoms with Crippen LogP contribution in [0.15, 0.2) is 36.4 Å². The maximum Gasteiger partial charge on any atom is 0.381 e. The molecule has 0 atom stereocenters. The van der Waals surface area contributed by atoms with Crippen molar-refractivity contribution in [1.29, 1.82) is 0 Å². The number of rotatable bonds is 4. The number of fused-ring (bicyclic) bond motifs is 1. The van der Waals surface area contributed by atoms with Crippen molar-refractivity contribution < 1.29 is 14.3 Å². The van der Waals surface area contributed by atoms with Gasteiger partial charge in [-0.15, -0.1) is 0 Å². The topological polar surface area (TPSA) is 48.3 Å². The molecule has 0 saturated heterocycles. The number of hydrogen-bond acceptors (Lipinski definition) is 3. The van der Waals surface area contributed by atoms with Crippen LogP contribution in [-0.4, -0.2) is 22.9 Å². The van der Waals surface area contributed by atoms with Crippen molar-refractivity contribution in [3.63, 3.8) is 0 Å². The summed E-state index contributed by atoms with van der Waals surface area (Å²) in [4.78, 5) is 23.9. The Morgan fingerprint density at radius 2 is 2.00 bits per heavy atom. The van der Waals surface area contributed by atoms with Crippen LogP contribution in [0.25, 0.3) is 11.1 Å². The second-order valence-corrected chi connectivity index (χ2v) is 5.06. The third-order valence-electron chi connectivity index (χ3n) is 3.78. The van der Waals surface area contributed by atoms with Crippen LogP contribution < -0.4 is 0 Å². The summed E-state index contributed by atoms with van der Waals surface area (Å²) in [6.45, 7) is 2.69. The summed E-state index contributed by atoms with van der Waals surface area (Å²) in [5.74, 6) is -1.33. The third kappa shape index (κ3) is 2.37. The first kappa shape index (κ1) is 13.6. The van der Waals surface area contributed by atoms with Crippen LogP contribution in [0.3, 0.4) is 0 Å². The van der Waals surface area contributed by atoms with Crippen LogP contribution in [-0.2, 0) is 22.5 Å². The molecule has 4 heteroatoms. The van der Waals surface area contributed by atoms with Gasteiger partial charge >= 0.3 is 5.97 Å². The molecule has 0 bridgehead atoms. The minimum Gasteiger partial charge on any atom is -0.460 e. The number of benzene rings is 1. The van der Waals surface area contributed by atoms with Crippen molar-refractivity contribution in [2.75, 3.05) is 6.61 Å².